The van der Waals surface area contributed by atoms with E-state index in [0.29, 0.717) is 51.0 Å². The fraction of sp³-hybridized carbons (Fsp3) is 0.400. The third kappa shape index (κ3) is 4.74. The number of carbonyl (C=O) groups is 2. The van der Waals surface area contributed by atoms with Crippen molar-refractivity contribution in [2.45, 2.75) is 51.6 Å². The molecule has 0 saturated heterocycles. The average Bonchev–Trinajstić information content (AvgIpc) is 3.36. The Morgan fingerprint density at radius 1 is 1.16 bits per heavy atom. The van der Waals surface area contributed by atoms with Crippen molar-refractivity contribution >= 4 is 40.1 Å². The van der Waals surface area contributed by atoms with Crippen LogP contribution in [0.2, 0.25) is 5.02 Å². The molecule has 0 radical (unpaired) electrons. The van der Waals surface area contributed by atoms with Gasteiger partial charge >= 0.3 is 0 Å². The minimum Gasteiger partial charge on any atom is -0.482 e. The monoisotopic (exact) mass is 623 g/mol. The highest BCUT2D eigenvalue weighted by Crippen LogP contribution is 2.73. The number of aliphatic hydroxyl groups excluding tert-OH is 1. The molecule has 3 fully saturated rings. The number of amides is 2. The number of pyridine rings is 1. The van der Waals surface area contributed by atoms with Crippen LogP contribution >= 0.6 is 11.6 Å². The molecule has 14 heteroatoms. The van der Waals surface area contributed by atoms with E-state index in [1.54, 1.807) is 29.1 Å². The SMILES string of the molecule is NC(=O)c1c(CCC(F)F)nc2c(cnn2CC23CC(CO)(C2)C3)c1-c1ccc2c(c1)OCC(=O)N2Cc1ncc(Cl)cn1. The van der Waals surface area contributed by atoms with Crippen LogP contribution in [-0.2, 0) is 24.3 Å². The van der Waals surface area contributed by atoms with Crippen molar-refractivity contribution in [3.8, 4) is 16.9 Å². The van der Waals surface area contributed by atoms with Gasteiger partial charge in [0.25, 0.3) is 11.8 Å². The number of alkyl halides is 2. The summed E-state index contributed by atoms with van der Waals surface area (Å²) in [5.74, 6) is -0.330. The molecular weight excluding hydrogens is 596 g/mol. The summed E-state index contributed by atoms with van der Waals surface area (Å²) in [7, 11) is 0. The first-order valence-corrected chi connectivity index (χ1v) is 14.6. The summed E-state index contributed by atoms with van der Waals surface area (Å²) in [4.78, 5) is 40.3. The van der Waals surface area contributed by atoms with E-state index in [1.165, 1.54) is 17.3 Å². The number of carbonyl (C=O) groups excluding carboxylic acids is 2. The molecule has 0 atom stereocenters. The maximum Gasteiger partial charge on any atom is 0.265 e. The van der Waals surface area contributed by atoms with Crippen molar-refractivity contribution in [2.75, 3.05) is 18.1 Å². The quantitative estimate of drug-likeness (QED) is 0.270. The predicted molar refractivity (Wildman–Crippen MR) is 155 cm³/mol. The van der Waals surface area contributed by atoms with Crippen LogP contribution in [0.25, 0.3) is 22.2 Å². The summed E-state index contributed by atoms with van der Waals surface area (Å²) < 4.78 is 34.3. The average molecular weight is 624 g/mol. The Balaban J connectivity index is 1.31. The van der Waals surface area contributed by atoms with Crippen LogP contribution in [0.4, 0.5) is 14.5 Å². The Morgan fingerprint density at radius 2 is 1.91 bits per heavy atom. The van der Waals surface area contributed by atoms with E-state index in [9.17, 15) is 23.5 Å². The Bertz CT molecular complexity index is 1790. The first-order chi connectivity index (χ1) is 21.1. The number of primary amides is 1. The fourth-order valence-corrected chi connectivity index (χ4v) is 7.32. The van der Waals surface area contributed by atoms with Crippen LogP contribution in [0, 0.1) is 10.8 Å². The zero-order valence-electron chi connectivity index (χ0n) is 23.5. The smallest absolute Gasteiger partial charge is 0.265 e. The molecule has 11 nitrogen and oxygen atoms in total. The summed E-state index contributed by atoms with van der Waals surface area (Å²) >= 11 is 5.90. The molecule has 0 unspecified atom stereocenters. The summed E-state index contributed by atoms with van der Waals surface area (Å²) in [5, 5.41) is 15.2. The molecule has 3 saturated carbocycles. The van der Waals surface area contributed by atoms with E-state index in [2.05, 4.69) is 20.1 Å². The van der Waals surface area contributed by atoms with Crippen molar-refractivity contribution < 1.29 is 28.2 Å². The molecule has 2 bridgehead atoms. The highest BCUT2D eigenvalue weighted by atomic mass is 35.5. The largest absolute Gasteiger partial charge is 0.482 e. The molecule has 2 amide bonds. The number of rotatable bonds is 10. The number of aromatic nitrogens is 5. The van der Waals surface area contributed by atoms with Crippen molar-refractivity contribution in [3.63, 3.8) is 0 Å². The highest BCUT2D eigenvalue weighted by Gasteiger charge is 2.67. The van der Waals surface area contributed by atoms with Crippen LogP contribution in [0.5, 0.6) is 5.75 Å². The molecule has 3 aliphatic carbocycles. The van der Waals surface area contributed by atoms with Crippen LogP contribution in [0.3, 0.4) is 0 Å². The van der Waals surface area contributed by atoms with Crippen LogP contribution in [-0.4, -0.2) is 61.3 Å². The molecule has 4 aliphatic rings. The minimum absolute atomic E-state index is 0.00118. The maximum atomic E-state index is 13.3. The molecule has 4 aromatic rings. The van der Waals surface area contributed by atoms with Gasteiger partial charge in [0.2, 0.25) is 6.43 Å². The number of ether oxygens (including phenoxy) is 1. The van der Waals surface area contributed by atoms with Gasteiger partial charge in [-0.3, -0.25) is 14.5 Å². The van der Waals surface area contributed by atoms with Gasteiger partial charge < -0.3 is 15.6 Å². The lowest BCUT2D eigenvalue weighted by Gasteiger charge is -2.70. The lowest BCUT2D eigenvalue weighted by atomic mass is 9.35. The van der Waals surface area contributed by atoms with Crippen molar-refractivity contribution in [3.05, 3.63) is 58.9 Å². The molecule has 1 aliphatic heterocycles. The van der Waals surface area contributed by atoms with Crippen LogP contribution in [0.1, 0.15) is 47.6 Å². The van der Waals surface area contributed by atoms with Crippen LogP contribution in [0.15, 0.2) is 36.8 Å². The van der Waals surface area contributed by atoms with Gasteiger partial charge in [-0.05, 0) is 54.2 Å². The number of benzene rings is 1. The second kappa shape index (κ2) is 10.4. The Morgan fingerprint density at radius 3 is 2.59 bits per heavy atom. The number of nitrogens with two attached hydrogens (primary N) is 1. The predicted octanol–water partition coefficient (Wildman–Crippen LogP) is 3.93. The lowest BCUT2D eigenvalue weighted by Crippen LogP contribution is -2.64. The van der Waals surface area contributed by atoms with E-state index in [0.717, 1.165) is 19.3 Å². The van der Waals surface area contributed by atoms with Gasteiger partial charge in [0, 0.05) is 42.9 Å². The highest BCUT2D eigenvalue weighted by molar-refractivity contribution is 6.30. The Kier molecular flexibility index (Phi) is 6.77. The zero-order valence-corrected chi connectivity index (χ0v) is 24.2. The van der Waals surface area contributed by atoms with Gasteiger partial charge in [-0.15, -0.1) is 0 Å². The number of aryl methyl sites for hydroxylation is 1. The molecule has 8 rings (SSSR count). The second-order valence-electron chi connectivity index (χ2n) is 12.1. The third-order valence-electron chi connectivity index (χ3n) is 8.94. The van der Waals surface area contributed by atoms with Crippen LogP contribution < -0.4 is 15.4 Å². The topological polar surface area (TPSA) is 149 Å². The molecule has 44 heavy (non-hydrogen) atoms. The normalized spacial score (nSPS) is 22.0. The number of hydrogen-bond donors (Lipinski definition) is 2. The summed E-state index contributed by atoms with van der Waals surface area (Å²) in [5.41, 5.74) is 7.99. The van der Waals surface area contributed by atoms with E-state index in [1.807, 2.05) is 0 Å². The Hall–Kier alpha value is -4.23. The number of nitrogens with zero attached hydrogens (tertiary/aromatic N) is 6. The van der Waals surface area contributed by atoms with E-state index in [4.69, 9.17) is 22.1 Å². The van der Waals surface area contributed by atoms with Gasteiger partial charge in [-0.1, -0.05) is 17.7 Å². The van der Waals surface area contributed by atoms with Gasteiger partial charge in [0.15, 0.2) is 12.3 Å². The fourth-order valence-electron chi connectivity index (χ4n) is 7.22. The molecule has 4 heterocycles. The van der Waals surface area contributed by atoms with E-state index in [-0.39, 0.29) is 54.2 Å². The zero-order chi connectivity index (χ0) is 30.8. The standard InChI is InChI=1S/C30H28ClF2N7O4/c31-17-6-35-23(36-7-17)9-39-20-3-1-16(5-21(20)44-10-24(39)42)25-18-8-37-40(14-29-11-30(12-29,13-29)15-41)28(18)38-19(2-4-22(32)33)26(25)27(34)43/h1,3,5-8,22,41H,2,4,9-15H2,(H2,34,43). The van der Waals surface area contributed by atoms with E-state index >= 15 is 0 Å². The van der Waals surface area contributed by atoms with Gasteiger partial charge in [0.1, 0.15) is 11.6 Å². The summed E-state index contributed by atoms with van der Waals surface area (Å²) in [6, 6.07) is 5.10. The first-order valence-electron chi connectivity index (χ1n) is 14.2. The van der Waals surface area contributed by atoms with Crippen molar-refractivity contribution in [1.82, 2.24) is 24.7 Å². The Labute approximate surface area is 255 Å². The number of aliphatic hydroxyl groups is 1. The third-order valence-corrected chi connectivity index (χ3v) is 9.14. The van der Waals surface area contributed by atoms with Gasteiger partial charge in [-0.25, -0.2) is 28.4 Å². The summed E-state index contributed by atoms with van der Waals surface area (Å²) in [6.07, 6.45) is 3.93. The summed E-state index contributed by atoms with van der Waals surface area (Å²) in [6.45, 7) is 0.577. The number of halogens is 3. The lowest BCUT2D eigenvalue weighted by molar-refractivity contribution is -0.230. The molecule has 1 aromatic carbocycles. The number of anilines is 1. The first kappa shape index (κ1) is 28.5. The number of hydrogen-bond acceptors (Lipinski definition) is 8. The molecule has 3 N–H and O–H groups in total. The van der Waals surface area contributed by atoms with Gasteiger partial charge in [0.05, 0.1) is 34.7 Å². The van der Waals surface area contributed by atoms with E-state index < -0.39 is 18.8 Å². The maximum absolute atomic E-state index is 13.3. The minimum atomic E-state index is -2.60. The van der Waals surface area contributed by atoms with Crippen molar-refractivity contribution in [2.24, 2.45) is 16.6 Å². The van der Waals surface area contributed by atoms with Crippen molar-refractivity contribution in [1.29, 1.82) is 0 Å². The second-order valence-corrected chi connectivity index (χ2v) is 12.5. The molecular formula is C30H28ClF2N7O4. The number of fused-ring (bicyclic) bond motifs is 2. The molecule has 3 aromatic heterocycles. The van der Waals surface area contributed by atoms with Gasteiger partial charge in [-0.2, -0.15) is 5.10 Å². The molecule has 228 valence electrons. The molecule has 0 spiro atoms.